The van der Waals surface area contributed by atoms with Crippen molar-refractivity contribution < 1.29 is 9.53 Å². The highest BCUT2D eigenvalue weighted by Gasteiger charge is 2.28. The molecule has 0 bridgehead atoms. The van der Waals surface area contributed by atoms with Gasteiger partial charge in [0.25, 0.3) is 5.91 Å². The van der Waals surface area contributed by atoms with Gasteiger partial charge in [-0.05, 0) is 5.92 Å². The van der Waals surface area contributed by atoms with Gasteiger partial charge >= 0.3 is 0 Å². The average Bonchev–Trinajstić information content (AvgIpc) is 2.80. The first-order chi connectivity index (χ1) is 9.04. The van der Waals surface area contributed by atoms with Gasteiger partial charge in [0.05, 0.1) is 30.6 Å². The van der Waals surface area contributed by atoms with E-state index >= 15 is 0 Å². The van der Waals surface area contributed by atoms with Gasteiger partial charge in [-0.2, -0.15) is 10.4 Å². The summed E-state index contributed by atoms with van der Waals surface area (Å²) in [5.74, 6) is -0.0882. The van der Waals surface area contributed by atoms with Crippen molar-refractivity contribution in [1.82, 2.24) is 15.1 Å². The highest BCUT2D eigenvalue weighted by atomic mass is 16.5. The van der Waals surface area contributed by atoms with E-state index in [1.807, 2.05) is 19.9 Å². The third-order valence-electron chi connectivity index (χ3n) is 3.11. The maximum Gasteiger partial charge on any atom is 0.276 e. The second-order valence-electron chi connectivity index (χ2n) is 4.79. The van der Waals surface area contributed by atoms with E-state index in [1.54, 1.807) is 4.90 Å². The van der Waals surface area contributed by atoms with Crippen LogP contribution in [0.25, 0.3) is 0 Å². The molecule has 7 nitrogen and oxygen atoms in total. The molecule has 1 aliphatic rings. The SMILES string of the molecule is CC(C)c1[nH]nc(C(=O)N2CCOC(C#N)C2)c1N. The lowest BCUT2D eigenvalue weighted by molar-refractivity contribution is 0.00324. The molecule has 1 saturated heterocycles. The second-order valence-corrected chi connectivity index (χ2v) is 4.79. The van der Waals surface area contributed by atoms with Crippen LogP contribution in [-0.2, 0) is 4.74 Å². The minimum absolute atomic E-state index is 0.172. The number of amides is 1. The molecule has 1 atom stereocenters. The summed E-state index contributed by atoms with van der Waals surface area (Å²) in [4.78, 5) is 13.9. The molecule has 1 fully saturated rings. The smallest absolute Gasteiger partial charge is 0.276 e. The van der Waals surface area contributed by atoms with Gasteiger partial charge in [-0.15, -0.1) is 0 Å². The van der Waals surface area contributed by atoms with Crippen LogP contribution in [0.15, 0.2) is 0 Å². The molecule has 1 aromatic rings. The van der Waals surface area contributed by atoms with Crippen LogP contribution >= 0.6 is 0 Å². The molecule has 1 aliphatic heterocycles. The number of nitrogens with zero attached hydrogens (tertiary/aromatic N) is 3. The molecule has 2 rings (SSSR count). The minimum atomic E-state index is -0.581. The van der Waals surface area contributed by atoms with Crippen molar-refractivity contribution in [3.05, 3.63) is 11.4 Å². The summed E-state index contributed by atoms with van der Waals surface area (Å²) in [5, 5.41) is 15.6. The van der Waals surface area contributed by atoms with Crippen LogP contribution in [-0.4, -0.2) is 46.8 Å². The van der Waals surface area contributed by atoms with E-state index in [2.05, 4.69) is 10.2 Å². The number of nitriles is 1. The van der Waals surface area contributed by atoms with E-state index in [0.29, 0.717) is 18.8 Å². The Balaban J connectivity index is 2.18. The number of ether oxygens (including phenoxy) is 1. The molecule has 0 radical (unpaired) electrons. The monoisotopic (exact) mass is 263 g/mol. The van der Waals surface area contributed by atoms with E-state index in [1.165, 1.54) is 0 Å². The third kappa shape index (κ3) is 2.53. The molecule has 7 heteroatoms. The lowest BCUT2D eigenvalue weighted by Crippen LogP contribution is -2.45. The van der Waals surface area contributed by atoms with Crippen molar-refractivity contribution in [3.8, 4) is 6.07 Å². The number of aromatic amines is 1. The number of morpholine rings is 1. The van der Waals surface area contributed by atoms with Crippen molar-refractivity contribution >= 4 is 11.6 Å². The topological polar surface area (TPSA) is 108 Å². The van der Waals surface area contributed by atoms with Crippen LogP contribution in [0.2, 0.25) is 0 Å². The molecule has 19 heavy (non-hydrogen) atoms. The first kappa shape index (κ1) is 13.4. The van der Waals surface area contributed by atoms with Crippen LogP contribution in [0.5, 0.6) is 0 Å². The van der Waals surface area contributed by atoms with Crippen LogP contribution < -0.4 is 5.73 Å². The molecule has 1 amide bonds. The number of nitrogen functional groups attached to an aromatic ring is 1. The number of nitrogens with two attached hydrogens (primary N) is 1. The van der Waals surface area contributed by atoms with Crippen molar-refractivity contribution in [3.63, 3.8) is 0 Å². The van der Waals surface area contributed by atoms with Crippen molar-refractivity contribution in [2.45, 2.75) is 25.9 Å². The van der Waals surface area contributed by atoms with E-state index < -0.39 is 6.10 Å². The highest BCUT2D eigenvalue weighted by Crippen LogP contribution is 2.23. The van der Waals surface area contributed by atoms with Gasteiger partial charge in [0.15, 0.2) is 11.8 Å². The largest absolute Gasteiger partial charge is 0.395 e. The van der Waals surface area contributed by atoms with Gasteiger partial charge in [-0.1, -0.05) is 13.8 Å². The fourth-order valence-electron chi connectivity index (χ4n) is 2.03. The highest BCUT2D eigenvalue weighted by molar-refractivity contribution is 5.97. The lowest BCUT2D eigenvalue weighted by atomic mass is 10.1. The molecular weight excluding hydrogens is 246 g/mol. The zero-order chi connectivity index (χ0) is 14.0. The Kier molecular flexibility index (Phi) is 3.71. The van der Waals surface area contributed by atoms with Crippen LogP contribution in [0.3, 0.4) is 0 Å². The summed E-state index contributed by atoms with van der Waals surface area (Å²) in [6.45, 7) is 4.99. The molecule has 0 aromatic carbocycles. The number of H-pyrrole nitrogens is 1. The number of carbonyl (C=O) groups is 1. The van der Waals surface area contributed by atoms with Gasteiger partial charge in [-0.25, -0.2) is 0 Å². The Morgan fingerprint density at radius 2 is 2.42 bits per heavy atom. The summed E-state index contributed by atoms with van der Waals surface area (Å²) < 4.78 is 5.20. The van der Waals surface area contributed by atoms with Gasteiger partial charge in [0.2, 0.25) is 0 Å². The maximum absolute atomic E-state index is 12.3. The number of carbonyl (C=O) groups excluding carboxylic acids is 1. The number of aromatic nitrogens is 2. The Labute approximate surface area is 111 Å². The Morgan fingerprint density at radius 3 is 3.00 bits per heavy atom. The van der Waals surface area contributed by atoms with E-state index in [0.717, 1.165) is 5.69 Å². The average molecular weight is 263 g/mol. The van der Waals surface area contributed by atoms with Gasteiger partial charge in [0.1, 0.15) is 0 Å². The number of rotatable bonds is 2. The Bertz CT molecular complexity index is 517. The molecule has 1 unspecified atom stereocenters. The van der Waals surface area contributed by atoms with Crippen molar-refractivity contribution in [1.29, 1.82) is 5.26 Å². The van der Waals surface area contributed by atoms with Crippen LogP contribution in [0, 0.1) is 11.3 Å². The van der Waals surface area contributed by atoms with E-state index in [-0.39, 0.29) is 24.1 Å². The van der Waals surface area contributed by atoms with E-state index in [4.69, 9.17) is 15.7 Å². The maximum atomic E-state index is 12.3. The first-order valence-corrected chi connectivity index (χ1v) is 6.18. The molecule has 0 spiro atoms. The van der Waals surface area contributed by atoms with E-state index in [9.17, 15) is 4.79 Å². The van der Waals surface area contributed by atoms with Crippen LogP contribution in [0.1, 0.15) is 35.9 Å². The summed E-state index contributed by atoms with van der Waals surface area (Å²) in [6, 6.07) is 2.00. The second kappa shape index (κ2) is 5.28. The number of anilines is 1. The van der Waals surface area contributed by atoms with Crippen molar-refractivity contribution in [2.24, 2.45) is 0 Å². The molecule has 2 heterocycles. The first-order valence-electron chi connectivity index (χ1n) is 6.18. The fraction of sp³-hybridized carbons (Fsp3) is 0.583. The van der Waals surface area contributed by atoms with Gasteiger partial charge < -0.3 is 15.4 Å². The Hall–Kier alpha value is -2.07. The zero-order valence-corrected chi connectivity index (χ0v) is 11.0. The molecule has 1 aromatic heterocycles. The third-order valence-corrected chi connectivity index (χ3v) is 3.11. The predicted molar refractivity (Wildman–Crippen MR) is 68.3 cm³/mol. The molecule has 3 N–H and O–H groups in total. The molecule has 102 valence electrons. The summed E-state index contributed by atoms with van der Waals surface area (Å²) in [7, 11) is 0. The van der Waals surface area contributed by atoms with Crippen LogP contribution in [0.4, 0.5) is 5.69 Å². The quantitative estimate of drug-likeness (QED) is 0.806. The zero-order valence-electron chi connectivity index (χ0n) is 11.0. The van der Waals surface area contributed by atoms with Gasteiger partial charge in [0, 0.05) is 6.54 Å². The lowest BCUT2D eigenvalue weighted by Gasteiger charge is -2.29. The number of hydrogen-bond donors (Lipinski definition) is 2. The summed E-state index contributed by atoms with van der Waals surface area (Å²) in [6.07, 6.45) is -0.581. The predicted octanol–water partition coefficient (Wildman–Crippen LogP) is 0.480. The summed E-state index contributed by atoms with van der Waals surface area (Å²) >= 11 is 0. The number of nitrogens with one attached hydrogen (secondary N) is 1. The standard InChI is InChI=1S/C12H17N5O2/c1-7(2)10-9(14)11(16-15-10)12(18)17-3-4-19-8(5-13)6-17/h7-8H,3-4,6,14H2,1-2H3,(H,15,16). The number of hydrogen-bond acceptors (Lipinski definition) is 5. The Morgan fingerprint density at radius 1 is 1.68 bits per heavy atom. The van der Waals surface area contributed by atoms with Gasteiger partial charge in [-0.3, -0.25) is 9.89 Å². The van der Waals surface area contributed by atoms with Crippen molar-refractivity contribution in [2.75, 3.05) is 25.4 Å². The molecule has 0 saturated carbocycles. The normalized spacial score (nSPS) is 19.5. The molecule has 0 aliphatic carbocycles. The summed E-state index contributed by atoms with van der Waals surface area (Å²) in [5.41, 5.74) is 7.31. The fourth-order valence-corrected chi connectivity index (χ4v) is 2.03. The molecular formula is C12H17N5O2. The minimum Gasteiger partial charge on any atom is -0.395 e.